The van der Waals surface area contributed by atoms with E-state index in [1.165, 1.54) is 0 Å². The van der Waals surface area contributed by atoms with E-state index in [2.05, 4.69) is 20.9 Å². The Kier molecular flexibility index (Phi) is 3.73. The van der Waals surface area contributed by atoms with Crippen LogP contribution in [-0.4, -0.2) is 4.98 Å². The van der Waals surface area contributed by atoms with Gasteiger partial charge in [-0.3, -0.25) is 0 Å². The van der Waals surface area contributed by atoms with E-state index in [-0.39, 0.29) is 0 Å². The molecule has 4 heteroatoms. The van der Waals surface area contributed by atoms with Crippen LogP contribution in [0.25, 0.3) is 0 Å². The number of aromatic nitrogens is 1. The molecule has 0 fully saturated rings. The van der Waals surface area contributed by atoms with Crippen LogP contribution in [0, 0.1) is 11.3 Å². The van der Waals surface area contributed by atoms with Crippen molar-refractivity contribution in [3.63, 3.8) is 0 Å². The monoisotopic (exact) mass is 288 g/mol. The first-order valence-electron chi connectivity index (χ1n) is 5.02. The largest absolute Gasteiger partial charge is 0.488 e. The lowest BCUT2D eigenvalue weighted by atomic mass is 10.2. The first kappa shape index (κ1) is 11.6. The van der Waals surface area contributed by atoms with Gasteiger partial charge in [0.2, 0.25) is 0 Å². The summed E-state index contributed by atoms with van der Waals surface area (Å²) >= 11 is 3.41. The minimum absolute atomic E-state index is 0.401. The molecule has 2 rings (SSSR count). The van der Waals surface area contributed by atoms with Crippen molar-refractivity contribution in [2.75, 3.05) is 0 Å². The van der Waals surface area contributed by atoms with E-state index in [9.17, 15) is 0 Å². The van der Waals surface area contributed by atoms with Gasteiger partial charge in [0.05, 0.1) is 4.47 Å². The highest BCUT2D eigenvalue weighted by atomic mass is 79.9. The van der Waals surface area contributed by atoms with E-state index < -0.39 is 0 Å². The summed E-state index contributed by atoms with van der Waals surface area (Å²) in [6.45, 7) is 0.416. The molecule has 0 unspecified atom stereocenters. The fourth-order valence-corrected chi connectivity index (χ4v) is 1.75. The molecule has 0 saturated heterocycles. The van der Waals surface area contributed by atoms with E-state index in [0.29, 0.717) is 12.3 Å². The molecule has 3 nitrogen and oxygen atoms in total. The second kappa shape index (κ2) is 5.46. The molecule has 0 aliphatic rings. The second-order valence-corrected chi connectivity index (χ2v) is 4.23. The molecule has 0 spiro atoms. The summed E-state index contributed by atoms with van der Waals surface area (Å²) in [5.41, 5.74) is 1.32. The third-order valence-electron chi connectivity index (χ3n) is 2.17. The second-order valence-electron chi connectivity index (χ2n) is 3.38. The van der Waals surface area contributed by atoms with Crippen molar-refractivity contribution in [1.82, 2.24) is 4.98 Å². The molecule has 84 valence electrons. The SMILES string of the molecule is N#Cc1cc(COc2ccccc2Br)ccn1. The van der Waals surface area contributed by atoms with Gasteiger partial charge in [0.15, 0.2) is 0 Å². The Balaban J connectivity index is 2.08. The van der Waals surface area contributed by atoms with Gasteiger partial charge in [0.25, 0.3) is 0 Å². The minimum Gasteiger partial charge on any atom is -0.488 e. The number of benzene rings is 1. The number of nitriles is 1. The van der Waals surface area contributed by atoms with E-state index in [1.54, 1.807) is 12.3 Å². The van der Waals surface area contributed by atoms with Crippen molar-refractivity contribution < 1.29 is 4.74 Å². The van der Waals surface area contributed by atoms with E-state index >= 15 is 0 Å². The van der Waals surface area contributed by atoms with E-state index in [4.69, 9.17) is 10.00 Å². The van der Waals surface area contributed by atoms with Gasteiger partial charge in [-0.15, -0.1) is 0 Å². The standard InChI is InChI=1S/C13H9BrN2O/c14-12-3-1-2-4-13(12)17-9-10-5-6-16-11(7-10)8-15/h1-7H,9H2. The van der Waals surface area contributed by atoms with Crippen molar-refractivity contribution in [2.45, 2.75) is 6.61 Å². The minimum atomic E-state index is 0.401. The Morgan fingerprint density at radius 1 is 1.29 bits per heavy atom. The maximum atomic E-state index is 8.73. The summed E-state index contributed by atoms with van der Waals surface area (Å²) in [5, 5.41) is 8.73. The number of pyridine rings is 1. The molecular weight excluding hydrogens is 280 g/mol. The van der Waals surface area contributed by atoms with Crippen LogP contribution in [0.5, 0.6) is 5.75 Å². The molecule has 17 heavy (non-hydrogen) atoms. The molecule has 0 aliphatic carbocycles. The van der Waals surface area contributed by atoms with Gasteiger partial charge >= 0.3 is 0 Å². The number of hydrogen-bond acceptors (Lipinski definition) is 3. The average Bonchev–Trinajstić information content (AvgIpc) is 2.38. The van der Waals surface area contributed by atoms with Gasteiger partial charge in [0, 0.05) is 6.20 Å². The molecular formula is C13H9BrN2O. The first-order valence-corrected chi connectivity index (χ1v) is 5.81. The van der Waals surface area contributed by atoms with Crippen molar-refractivity contribution in [3.05, 3.63) is 58.3 Å². The summed E-state index contributed by atoms with van der Waals surface area (Å²) in [7, 11) is 0. The number of rotatable bonds is 3. The zero-order valence-electron chi connectivity index (χ0n) is 8.93. The average molecular weight is 289 g/mol. The smallest absolute Gasteiger partial charge is 0.140 e. The topological polar surface area (TPSA) is 45.9 Å². The predicted molar refractivity (Wildman–Crippen MR) is 67.4 cm³/mol. The van der Waals surface area contributed by atoms with Crippen LogP contribution >= 0.6 is 15.9 Å². The fraction of sp³-hybridized carbons (Fsp3) is 0.0769. The van der Waals surface area contributed by atoms with Crippen molar-refractivity contribution in [2.24, 2.45) is 0 Å². The highest BCUT2D eigenvalue weighted by Gasteiger charge is 2.01. The van der Waals surface area contributed by atoms with Crippen LogP contribution in [0.4, 0.5) is 0 Å². The summed E-state index contributed by atoms with van der Waals surface area (Å²) in [6.07, 6.45) is 1.61. The zero-order valence-corrected chi connectivity index (χ0v) is 10.5. The van der Waals surface area contributed by atoms with Crippen LogP contribution in [-0.2, 0) is 6.61 Å². The van der Waals surface area contributed by atoms with Crippen molar-refractivity contribution in [1.29, 1.82) is 5.26 Å². The van der Waals surface area contributed by atoms with Gasteiger partial charge in [-0.05, 0) is 45.8 Å². The molecule has 0 saturated carbocycles. The maximum Gasteiger partial charge on any atom is 0.140 e. The van der Waals surface area contributed by atoms with Crippen LogP contribution in [0.2, 0.25) is 0 Å². The number of hydrogen-bond donors (Lipinski definition) is 0. The Labute approximate surface area is 108 Å². The molecule has 1 aromatic heterocycles. The lowest BCUT2D eigenvalue weighted by Crippen LogP contribution is -1.97. The van der Waals surface area contributed by atoms with Crippen LogP contribution in [0.1, 0.15) is 11.3 Å². The number of nitrogens with zero attached hydrogens (tertiary/aromatic N) is 2. The molecule has 0 radical (unpaired) electrons. The van der Waals surface area contributed by atoms with E-state index in [0.717, 1.165) is 15.8 Å². The molecule has 0 aliphatic heterocycles. The summed E-state index contributed by atoms with van der Waals surface area (Å²) in [5.74, 6) is 0.780. The number of para-hydroxylation sites is 1. The van der Waals surface area contributed by atoms with Gasteiger partial charge < -0.3 is 4.74 Å². The Morgan fingerprint density at radius 3 is 2.88 bits per heavy atom. The first-order chi connectivity index (χ1) is 8.29. The lowest BCUT2D eigenvalue weighted by Gasteiger charge is -2.07. The summed E-state index contributed by atoms with van der Waals surface area (Å²) in [6, 6.07) is 13.2. The molecule has 0 amide bonds. The van der Waals surface area contributed by atoms with Crippen LogP contribution < -0.4 is 4.74 Å². The van der Waals surface area contributed by atoms with Crippen molar-refractivity contribution >= 4 is 15.9 Å². The Morgan fingerprint density at radius 2 is 2.12 bits per heavy atom. The molecule has 2 aromatic rings. The maximum absolute atomic E-state index is 8.73. The van der Waals surface area contributed by atoms with Gasteiger partial charge in [0.1, 0.15) is 24.1 Å². The summed E-state index contributed by atoms with van der Waals surface area (Å²) < 4.78 is 6.55. The molecule has 0 atom stereocenters. The van der Waals surface area contributed by atoms with Gasteiger partial charge in [-0.1, -0.05) is 12.1 Å². The van der Waals surface area contributed by atoms with Crippen LogP contribution in [0.15, 0.2) is 47.1 Å². The molecule has 1 aromatic carbocycles. The zero-order chi connectivity index (χ0) is 12.1. The lowest BCUT2D eigenvalue weighted by molar-refractivity contribution is 0.304. The van der Waals surface area contributed by atoms with E-state index in [1.807, 2.05) is 36.4 Å². The normalized spacial score (nSPS) is 9.65. The predicted octanol–water partition coefficient (Wildman–Crippen LogP) is 3.29. The number of ether oxygens (including phenoxy) is 1. The molecule has 0 bridgehead atoms. The Hall–Kier alpha value is -1.86. The highest BCUT2D eigenvalue weighted by Crippen LogP contribution is 2.24. The third-order valence-corrected chi connectivity index (χ3v) is 2.83. The number of halogens is 1. The highest BCUT2D eigenvalue weighted by molar-refractivity contribution is 9.10. The van der Waals surface area contributed by atoms with Gasteiger partial charge in [-0.2, -0.15) is 5.26 Å². The summed E-state index contributed by atoms with van der Waals surface area (Å²) in [4.78, 5) is 3.90. The Bertz CT molecular complexity index is 563. The fourth-order valence-electron chi connectivity index (χ4n) is 1.35. The van der Waals surface area contributed by atoms with Crippen molar-refractivity contribution in [3.8, 4) is 11.8 Å². The quantitative estimate of drug-likeness (QED) is 0.871. The van der Waals surface area contributed by atoms with Gasteiger partial charge in [-0.25, -0.2) is 4.98 Å². The molecule has 0 N–H and O–H groups in total. The third kappa shape index (κ3) is 3.05. The molecule has 1 heterocycles. The van der Waals surface area contributed by atoms with Crippen LogP contribution in [0.3, 0.4) is 0 Å².